The third-order valence-electron chi connectivity index (χ3n) is 9.95. The molecular weight excluding hydrogens is 466 g/mol. The highest BCUT2D eigenvalue weighted by Gasteiger charge is 2.36. The molecule has 7 nitrogen and oxygen atoms in total. The fourth-order valence-electron chi connectivity index (χ4n) is 7.38. The van der Waals surface area contributed by atoms with E-state index in [1.807, 2.05) is 7.05 Å². The highest BCUT2D eigenvalue weighted by molar-refractivity contribution is 5.81. The zero-order valence-electron chi connectivity index (χ0n) is 23.4. The first-order valence-electron chi connectivity index (χ1n) is 15.3. The summed E-state index contributed by atoms with van der Waals surface area (Å²) in [4.78, 5) is 38.0. The van der Waals surface area contributed by atoms with Crippen molar-refractivity contribution >= 4 is 17.6 Å². The van der Waals surface area contributed by atoms with Crippen LogP contribution in [-0.2, 0) is 19.1 Å². The second-order valence-corrected chi connectivity index (χ2v) is 12.7. The van der Waals surface area contributed by atoms with Gasteiger partial charge in [-0.15, -0.1) is 0 Å². The predicted octanol–water partition coefficient (Wildman–Crippen LogP) is 4.28. The Morgan fingerprint density at radius 3 is 1.81 bits per heavy atom. The summed E-state index contributed by atoms with van der Waals surface area (Å²) >= 11 is 0. The molecule has 0 spiro atoms. The summed E-state index contributed by atoms with van der Waals surface area (Å²) in [5.74, 6) is 1.41. The molecule has 5 atom stereocenters. The van der Waals surface area contributed by atoms with Crippen molar-refractivity contribution in [2.75, 3.05) is 7.05 Å². The molecule has 4 aliphatic carbocycles. The van der Waals surface area contributed by atoms with Gasteiger partial charge in [-0.25, -0.2) is 0 Å². The molecule has 210 valence electrons. The highest BCUT2D eigenvalue weighted by atomic mass is 16.5. The number of Topliss-reactive ketones (excluding diaryl/α,β-unsaturated/α-hetero) is 1. The Labute approximate surface area is 224 Å². The van der Waals surface area contributed by atoms with Gasteiger partial charge in [0.25, 0.3) is 0 Å². The fourth-order valence-corrected chi connectivity index (χ4v) is 7.38. The second-order valence-electron chi connectivity index (χ2n) is 12.7. The summed E-state index contributed by atoms with van der Waals surface area (Å²) in [6.45, 7) is 3.96. The van der Waals surface area contributed by atoms with E-state index in [1.165, 1.54) is 19.3 Å². The molecule has 2 amide bonds. The van der Waals surface area contributed by atoms with Crippen molar-refractivity contribution < 1.29 is 19.1 Å². The summed E-state index contributed by atoms with van der Waals surface area (Å²) in [5.41, 5.74) is 0. The van der Waals surface area contributed by atoms with Crippen molar-refractivity contribution in [3.05, 3.63) is 0 Å². The molecule has 0 aromatic heterocycles. The third kappa shape index (κ3) is 8.01. The molecule has 3 N–H and O–H groups in total. The number of nitrogens with one attached hydrogen (secondary N) is 3. The van der Waals surface area contributed by atoms with E-state index in [1.54, 1.807) is 6.92 Å². The number of hydrogen-bond acceptors (Lipinski definition) is 5. The molecule has 4 rings (SSSR count). The maximum Gasteiger partial charge on any atom is 0.223 e. The molecule has 0 bridgehead atoms. The van der Waals surface area contributed by atoms with Crippen molar-refractivity contribution in [1.29, 1.82) is 0 Å². The quantitative estimate of drug-likeness (QED) is 0.447. The van der Waals surface area contributed by atoms with Gasteiger partial charge < -0.3 is 20.7 Å². The van der Waals surface area contributed by atoms with Crippen LogP contribution in [0, 0.1) is 23.7 Å². The van der Waals surface area contributed by atoms with Gasteiger partial charge in [-0.1, -0.05) is 19.8 Å². The fraction of sp³-hybridized carbons (Fsp3) is 0.900. The number of carbonyl (C=O) groups excluding carboxylic acids is 3. The largest absolute Gasteiger partial charge is 0.375 e. The summed E-state index contributed by atoms with van der Waals surface area (Å²) < 4.78 is 6.38. The minimum absolute atomic E-state index is 0.0404. The number of carbonyl (C=O) groups is 3. The van der Waals surface area contributed by atoms with Crippen molar-refractivity contribution in [3.63, 3.8) is 0 Å². The highest BCUT2D eigenvalue weighted by Crippen LogP contribution is 2.33. The van der Waals surface area contributed by atoms with Gasteiger partial charge in [0.05, 0.1) is 12.2 Å². The van der Waals surface area contributed by atoms with Crippen LogP contribution in [0.5, 0.6) is 0 Å². The van der Waals surface area contributed by atoms with Gasteiger partial charge in [0, 0.05) is 35.9 Å². The lowest BCUT2D eigenvalue weighted by Gasteiger charge is -2.38. The van der Waals surface area contributed by atoms with E-state index in [-0.39, 0.29) is 53.9 Å². The maximum atomic E-state index is 13.2. The van der Waals surface area contributed by atoms with Gasteiger partial charge in [0.15, 0.2) is 0 Å². The topological polar surface area (TPSA) is 96.5 Å². The molecule has 7 heteroatoms. The lowest BCUT2D eigenvalue weighted by Crippen LogP contribution is -2.52. The average molecular weight is 518 g/mol. The predicted molar refractivity (Wildman–Crippen MR) is 145 cm³/mol. The Morgan fingerprint density at radius 2 is 1.22 bits per heavy atom. The molecule has 4 aliphatic rings. The molecule has 0 aromatic rings. The SMILES string of the molecule is CNC1CC(NC(=O)C2CCC(OC3CCC(C(C)=O)CC3)CC2)CC(C(=O)NC2CCCCC2C)C1. The maximum absolute atomic E-state index is 13.2. The smallest absolute Gasteiger partial charge is 0.223 e. The van der Waals surface area contributed by atoms with Crippen LogP contribution in [0.3, 0.4) is 0 Å². The zero-order chi connectivity index (χ0) is 26.4. The van der Waals surface area contributed by atoms with Crippen LogP contribution in [0.15, 0.2) is 0 Å². The Bertz CT molecular complexity index is 773. The minimum atomic E-state index is -0.0483. The van der Waals surface area contributed by atoms with Gasteiger partial charge in [-0.05, 0) is 103 Å². The summed E-state index contributed by atoms with van der Waals surface area (Å²) in [5, 5.41) is 10.1. The molecule has 4 saturated carbocycles. The summed E-state index contributed by atoms with van der Waals surface area (Å²) in [6, 6.07) is 0.593. The van der Waals surface area contributed by atoms with E-state index in [0.717, 1.165) is 77.0 Å². The van der Waals surface area contributed by atoms with Crippen LogP contribution in [0.4, 0.5) is 0 Å². The number of amides is 2. The number of ether oxygens (including phenoxy) is 1. The van der Waals surface area contributed by atoms with Gasteiger partial charge in [0.2, 0.25) is 11.8 Å². The van der Waals surface area contributed by atoms with Gasteiger partial charge in [0.1, 0.15) is 5.78 Å². The molecular formula is C30H51N3O4. The van der Waals surface area contributed by atoms with Crippen LogP contribution in [0.1, 0.15) is 110 Å². The summed E-state index contributed by atoms with van der Waals surface area (Å²) in [6.07, 6.45) is 15.2. The van der Waals surface area contributed by atoms with Crippen molar-refractivity contribution in [3.8, 4) is 0 Å². The lowest BCUT2D eigenvalue weighted by molar-refractivity contribution is -0.131. The Morgan fingerprint density at radius 1 is 0.649 bits per heavy atom. The normalized spacial score (nSPS) is 38.9. The van der Waals surface area contributed by atoms with Crippen LogP contribution in [0.25, 0.3) is 0 Å². The molecule has 0 aromatic carbocycles. The first kappa shape index (κ1) is 28.5. The van der Waals surface area contributed by atoms with E-state index >= 15 is 0 Å². The lowest BCUT2D eigenvalue weighted by atomic mass is 9.80. The number of hydrogen-bond donors (Lipinski definition) is 3. The standard InChI is InChI=1S/C30H51N3O4/c1-19-6-4-5-7-28(19)33-30(36)23-16-24(31-3)18-25(17-23)32-29(35)22-10-14-27(15-11-22)37-26-12-8-21(9-13-26)20(2)34/h19,21-28,31H,4-18H2,1-3H3,(H,32,35)(H,33,36). The van der Waals surface area contributed by atoms with E-state index in [0.29, 0.717) is 17.7 Å². The van der Waals surface area contributed by atoms with E-state index < -0.39 is 0 Å². The Kier molecular flexibility index (Phi) is 10.4. The van der Waals surface area contributed by atoms with Crippen LogP contribution < -0.4 is 16.0 Å². The van der Waals surface area contributed by atoms with Gasteiger partial charge in [-0.3, -0.25) is 14.4 Å². The second kappa shape index (κ2) is 13.5. The Hall–Kier alpha value is -1.47. The van der Waals surface area contributed by atoms with Crippen molar-refractivity contribution in [1.82, 2.24) is 16.0 Å². The van der Waals surface area contributed by atoms with Crippen LogP contribution >= 0.6 is 0 Å². The zero-order valence-corrected chi connectivity index (χ0v) is 23.4. The molecule has 4 fully saturated rings. The van der Waals surface area contributed by atoms with Crippen LogP contribution in [0.2, 0.25) is 0 Å². The number of ketones is 1. The van der Waals surface area contributed by atoms with Gasteiger partial charge >= 0.3 is 0 Å². The average Bonchev–Trinajstić information content (AvgIpc) is 2.90. The molecule has 0 radical (unpaired) electrons. The minimum Gasteiger partial charge on any atom is -0.375 e. The van der Waals surface area contributed by atoms with E-state index in [2.05, 4.69) is 22.9 Å². The van der Waals surface area contributed by atoms with Gasteiger partial charge in [-0.2, -0.15) is 0 Å². The monoisotopic (exact) mass is 517 g/mol. The van der Waals surface area contributed by atoms with Crippen molar-refractivity contribution in [2.24, 2.45) is 23.7 Å². The molecule has 0 aliphatic heterocycles. The van der Waals surface area contributed by atoms with Crippen molar-refractivity contribution in [2.45, 2.75) is 140 Å². The molecule has 37 heavy (non-hydrogen) atoms. The third-order valence-corrected chi connectivity index (χ3v) is 9.95. The summed E-state index contributed by atoms with van der Waals surface area (Å²) in [7, 11) is 1.96. The Balaban J connectivity index is 1.21. The molecule has 0 saturated heterocycles. The first-order valence-corrected chi connectivity index (χ1v) is 15.3. The molecule has 5 unspecified atom stereocenters. The first-order chi connectivity index (χ1) is 17.8. The van der Waals surface area contributed by atoms with Crippen LogP contribution in [-0.4, -0.2) is 55.0 Å². The number of rotatable bonds is 8. The van der Waals surface area contributed by atoms with E-state index in [9.17, 15) is 14.4 Å². The van der Waals surface area contributed by atoms with E-state index in [4.69, 9.17) is 4.74 Å². The molecule has 0 heterocycles.